The molecular formula is C18H29NS. The number of hydrogen-bond acceptors (Lipinski definition) is 2. The number of hydrogen-bond donors (Lipinski definition) is 1. The largest absolute Gasteiger partial charge is 0.307 e. The smallest absolute Gasteiger partial charge is 0.0320 e. The normalized spacial score (nSPS) is 23.9. The summed E-state index contributed by atoms with van der Waals surface area (Å²) in [5.74, 6) is 1.26. The van der Waals surface area contributed by atoms with Crippen molar-refractivity contribution in [3.8, 4) is 0 Å². The molecule has 2 rings (SSSR count). The van der Waals surface area contributed by atoms with E-state index in [1.54, 1.807) is 0 Å². The minimum absolute atomic E-state index is 0.524. The first-order valence-electron chi connectivity index (χ1n) is 8.23. The van der Waals surface area contributed by atoms with Crippen molar-refractivity contribution < 1.29 is 0 Å². The summed E-state index contributed by atoms with van der Waals surface area (Å²) in [5, 5.41) is 4.78. The van der Waals surface area contributed by atoms with E-state index in [4.69, 9.17) is 0 Å². The predicted molar refractivity (Wildman–Crippen MR) is 91.5 cm³/mol. The SMILES string of the molecule is CCSC1CCC(NC(CC)c2ccc(CC)cc2)C1. The molecule has 0 spiro atoms. The number of aryl methyl sites for hydroxylation is 1. The molecule has 3 unspecified atom stereocenters. The molecule has 2 heteroatoms. The third-order valence-corrected chi connectivity index (χ3v) is 5.66. The Bertz CT molecular complexity index is 387. The average Bonchev–Trinajstić information content (AvgIpc) is 2.93. The quantitative estimate of drug-likeness (QED) is 0.761. The van der Waals surface area contributed by atoms with Gasteiger partial charge in [0.2, 0.25) is 0 Å². The summed E-state index contributed by atoms with van der Waals surface area (Å²) in [6, 6.07) is 10.4. The molecule has 1 aromatic carbocycles. The van der Waals surface area contributed by atoms with Crippen molar-refractivity contribution in [2.24, 2.45) is 0 Å². The number of thioether (sulfide) groups is 1. The second-order valence-electron chi connectivity index (χ2n) is 5.81. The van der Waals surface area contributed by atoms with Crippen LogP contribution in [0.1, 0.15) is 63.6 Å². The molecule has 1 aliphatic carbocycles. The van der Waals surface area contributed by atoms with E-state index in [9.17, 15) is 0 Å². The van der Waals surface area contributed by atoms with Crippen LogP contribution in [-0.2, 0) is 6.42 Å². The van der Waals surface area contributed by atoms with Crippen molar-refractivity contribution in [1.82, 2.24) is 5.32 Å². The molecule has 112 valence electrons. The standard InChI is InChI=1S/C18H29NS/c1-4-14-7-9-15(10-8-14)18(5-2)19-16-11-12-17(13-16)20-6-3/h7-10,16-19H,4-6,11-13H2,1-3H3. The van der Waals surface area contributed by atoms with Gasteiger partial charge < -0.3 is 5.32 Å². The summed E-state index contributed by atoms with van der Waals surface area (Å²) in [4.78, 5) is 0. The fourth-order valence-corrected chi connectivity index (χ4v) is 4.34. The molecular weight excluding hydrogens is 262 g/mol. The zero-order valence-electron chi connectivity index (χ0n) is 13.2. The maximum Gasteiger partial charge on any atom is 0.0320 e. The topological polar surface area (TPSA) is 12.0 Å². The van der Waals surface area contributed by atoms with Gasteiger partial charge in [0.05, 0.1) is 0 Å². The van der Waals surface area contributed by atoms with Crippen molar-refractivity contribution in [1.29, 1.82) is 0 Å². The molecule has 1 aliphatic rings. The lowest BCUT2D eigenvalue weighted by Gasteiger charge is -2.23. The highest BCUT2D eigenvalue weighted by atomic mass is 32.2. The van der Waals surface area contributed by atoms with Gasteiger partial charge in [0.1, 0.15) is 0 Å². The molecule has 3 atom stereocenters. The van der Waals surface area contributed by atoms with Crippen LogP contribution in [0, 0.1) is 0 Å². The Balaban J connectivity index is 1.91. The highest BCUT2D eigenvalue weighted by Gasteiger charge is 2.26. The fourth-order valence-electron chi connectivity index (χ4n) is 3.20. The van der Waals surface area contributed by atoms with Crippen LogP contribution in [0.3, 0.4) is 0 Å². The molecule has 1 N–H and O–H groups in total. The van der Waals surface area contributed by atoms with E-state index in [-0.39, 0.29) is 0 Å². The van der Waals surface area contributed by atoms with Gasteiger partial charge in [0.25, 0.3) is 0 Å². The van der Waals surface area contributed by atoms with Crippen molar-refractivity contribution in [2.75, 3.05) is 5.75 Å². The Morgan fingerprint density at radius 2 is 1.90 bits per heavy atom. The van der Waals surface area contributed by atoms with E-state index in [1.165, 1.54) is 42.6 Å². The average molecular weight is 292 g/mol. The maximum absolute atomic E-state index is 3.89. The molecule has 0 aliphatic heterocycles. The lowest BCUT2D eigenvalue weighted by molar-refractivity contribution is 0.431. The molecule has 1 fully saturated rings. The summed E-state index contributed by atoms with van der Waals surface area (Å²) >= 11 is 2.14. The summed E-state index contributed by atoms with van der Waals surface area (Å²) in [5.41, 5.74) is 2.89. The summed E-state index contributed by atoms with van der Waals surface area (Å²) in [6.07, 6.45) is 6.39. The van der Waals surface area contributed by atoms with Gasteiger partial charge in [-0.05, 0) is 49.0 Å². The van der Waals surface area contributed by atoms with Crippen LogP contribution in [0.4, 0.5) is 0 Å². The molecule has 0 bridgehead atoms. The van der Waals surface area contributed by atoms with Gasteiger partial charge >= 0.3 is 0 Å². The fraction of sp³-hybridized carbons (Fsp3) is 0.667. The van der Waals surface area contributed by atoms with Crippen LogP contribution >= 0.6 is 11.8 Å². The second-order valence-corrected chi connectivity index (χ2v) is 7.39. The van der Waals surface area contributed by atoms with E-state index in [0.29, 0.717) is 6.04 Å². The Morgan fingerprint density at radius 1 is 1.15 bits per heavy atom. The highest BCUT2D eigenvalue weighted by molar-refractivity contribution is 7.99. The van der Waals surface area contributed by atoms with Crippen LogP contribution in [0.2, 0.25) is 0 Å². The lowest BCUT2D eigenvalue weighted by Crippen LogP contribution is -2.30. The summed E-state index contributed by atoms with van der Waals surface area (Å²) < 4.78 is 0. The first-order chi connectivity index (χ1) is 9.76. The monoisotopic (exact) mass is 291 g/mol. The van der Waals surface area contributed by atoms with Gasteiger partial charge in [-0.15, -0.1) is 0 Å². The molecule has 0 radical (unpaired) electrons. The van der Waals surface area contributed by atoms with E-state index in [1.807, 2.05) is 0 Å². The molecule has 0 amide bonds. The Kier molecular flexibility index (Phi) is 6.44. The summed E-state index contributed by atoms with van der Waals surface area (Å²) in [7, 11) is 0. The molecule has 0 heterocycles. The highest BCUT2D eigenvalue weighted by Crippen LogP contribution is 2.31. The Labute approximate surface area is 128 Å². The summed E-state index contributed by atoms with van der Waals surface area (Å²) in [6.45, 7) is 6.78. The first kappa shape index (κ1) is 15.9. The molecule has 1 aromatic rings. The van der Waals surface area contributed by atoms with Crippen molar-refractivity contribution >= 4 is 11.8 Å². The lowest BCUT2D eigenvalue weighted by atomic mass is 10.0. The number of nitrogens with one attached hydrogen (secondary N) is 1. The molecule has 1 saturated carbocycles. The van der Waals surface area contributed by atoms with Gasteiger partial charge in [-0.3, -0.25) is 0 Å². The van der Waals surface area contributed by atoms with Crippen LogP contribution < -0.4 is 5.32 Å². The van der Waals surface area contributed by atoms with E-state index in [0.717, 1.165) is 17.7 Å². The van der Waals surface area contributed by atoms with Gasteiger partial charge in [0.15, 0.2) is 0 Å². The third kappa shape index (κ3) is 4.26. The first-order valence-corrected chi connectivity index (χ1v) is 9.28. The van der Waals surface area contributed by atoms with E-state index >= 15 is 0 Å². The van der Waals surface area contributed by atoms with Crippen LogP contribution in [0.25, 0.3) is 0 Å². The number of rotatable bonds is 7. The van der Waals surface area contributed by atoms with Crippen molar-refractivity contribution in [2.45, 2.75) is 70.2 Å². The molecule has 0 aromatic heterocycles. The Morgan fingerprint density at radius 3 is 2.50 bits per heavy atom. The minimum atomic E-state index is 0.524. The molecule has 1 nitrogen and oxygen atoms in total. The van der Waals surface area contributed by atoms with E-state index in [2.05, 4.69) is 62.1 Å². The zero-order chi connectivity index (χ0) is 14.4. The maximum atomic E-state index is 3.89. The van der Waals surface area contributed by atoms with Crippen LogP contribution in [0.15, 0.2) is 24.3 Å². The van der Waals surface area contributed by atoms with Gasteiger partial charge in [-0.2, -0.15) is 11.8 Å². The van der Waals surface area contributed by atoms with Gasteiger partial charge in [-0.1, -0.05) is 45.0 Å². The molecule has 20 heavy (non-hydrogen) atoms. The van der Waals surface area contributed by atoms with Gasteiger partial charge in [-0.25, -0.2) is 0 Å². The Hall–Kier alpha value is -0.470. The van der Waals surface area contributed by atoms with Gasteiger partial charge in [0, 0.05) is 17.3 Å². The van der Waals surface area contributed by atoms with Crippen molar-refractivity contribution in [3.05, 3.63) is 35.4 Å². The second kappa shape index (κ2) is 8.09. The predicted octanol–water partition coefficient (Wildman–Crippen LogP) is 4.96. The number of benzene rings is 1. The minimum Gasteiger partial charge on any atom is -0.307 e. The van der Waals surface area contributed by atoms with Crippen LogP contribution in [-0.4, -0.2) is 17.0 Å². The van der Waals surface area contributed by atoms with Crippen molar-refractivity contribution in [3.63, 3.8) is 0 Å². The zero-order valence-corrected chi connectivity index (χ0v) is 14.0. The molecule has 0 saturated heterocycles. The van der Waals surface area contributed by atoms with E-state index < -0.39 is 0 Å². The third-order valence-electron chi connectivity index (χ3n) is 4.42. The van der Waals surface area contributed by atoms with Crippen LogP contribution in [0.5, 0.6) is 0 Å².